The Hall–Kier alpha value is -3.01. The van der Waals surface area contributed by atoms with E-state index in [-0.39, 0.29) is 11.9 Å². The van der Waals surface area contributed by atoms with E-state index in [1.807, 2.05) is 48.2 Å². The average molecular weight is 564 g/mol. The summed E-state index contributed by atoms with van der Waals surface area (Å²) in [5, 5.41) is 5.09. The largest absolute Gasteiger partial charge is 0.379 e. The summed E-state index contributed by atoms with van der Waals surface area (Å²) in [6.07, 6.45) is 3.38. The van der Waals surface area contributed by atoms with Crippen LogP contribution in [0.4, 0.5) is 5.69 Å². The molecule has 192 valence electrons. The molecule has 2 aromatic heterocycles. The summed E-state index contributed by atoms with van der Waals surface area (Å²) >= 11 is 3.51. The van der Waals surface area contributed by atoms with Gasteiger partial charge in [0, 0.05) is 59.4 Å². The lowest BCUT2D eigenvalue weighted by Crippen LogP contribution is -2.44. The molecule has 2 saturated heterocycles. The van der Waals surface area contributed by atoms with Gasteiger partial charge in [0.05, 0.1) is 30.6 Å². The fourth-order valence-corrected chi connectivity index (χ4v) is 5.74. The number of fused-ring (bicyclic) bond motifs is 1. The number of halogens is 1. The molecular formula is C28H30BrN5O3. The molecule has 4 heterocycles. The smallest absolute Gasteiger partial charge is 0.227 e. The second kappa shape index (κ2) is 10.0. The van der Waals surface area contributed by atoms with Gasteiger partial charge in [0.15, 0.2) is 5.58 Å². The highest BCUT2D eigenvalue weighted by molar-refractivity contribution is 9.10. The number of aryl methyl sites for hydroxylation is 1. The fraction of sp³-hybridized carbons (Fsp3) is 0.393. The summed E-state index contributed by atoms with van der Waals surface area (Å²) < 4.78 is 14.2. The maximum absolute atomic E-state index is 13.1. The van der Waals surface area contributed by atoms with Crippen LogP contribution in [0.15, 0.2) is 57.7 Å². The lowest BCUT2D eigenvalue weighted by Gasteiger charge is -2.33. The number of ether oxygens (including phenoxy) is 1. The van der Waals surface area contributed by atoms with Gasteiger partial charge in [-0.2, -0.15) is 0 Å². The zero-order valence-electron chi connectivity index (χ0n) is 21.1. The minimum atomic E-state index is -0.125. The van der Waals surface area contributed by atoms with Crippen molar-refractivity contribution < 1.29 is 14.1 Å². The van der Waals surface area contributed by atoms with Crippen molar-refractivity contribution in [3.05, 3.63) is 64.7 Å². The Kier molecular flexibility index (Phi) is 6.60. The molecule has 2 atom stereocenters. The molecular weight excluding hydrogens is 534 g/mol. The van der Waals surface area contributed by atoms with E-state index in [1.165, 1.54) is 0 Å². The number of carbonyl (C=O) groups excluding carboxylic acids is 1. The molecule has 6 rings (SSSR count). The van der Waals surface area contributed by atoms with Crippen molar-refractivity contribution in [1.29, 1.82) is 0 Å². The van der Waals surface area contributed by atoms with Crippen LogP contribution in [0.2, 0.25) is 0 Å². The van der Waals surface area contributed by atoms with Crippen molar-refractivity contribution in [2.45, 2.75) is 45.3 Å². The molecule has 0 bridgehead atoms. The van der Waals surface area contributed by atoms with E-state index < -0.39 is 0 Å². The van der Waals surface area contributed by atoms with Crippen molar-refractivity contribution in [3.63, 3.8) is 0 Å². The number of benzene rings is 2. The van der Waals surface area contributed by atoms with Gasteiger partial charge in [0.1, 0.15) is 5.82 Å². The highest BCUT2D eigenvalue weighted by atomic mass is 79.9. The second-order valence-corrected chi connectivity index (χ2v) is 10.8. The van der Waals surface area contributed by atoms with Gasteiger partial charge < -0.3 is 18.7 Å². The van der Waals surface area contributed by atoms with Crippen LogP contribution in [0.3, 0.4) is 0 Å². The topological polar surface area (TPSA) is 76.6 Å². The van der Waals surface area contributed by atoms with Gasteiger partial charge in [-0.15, -0.1) is 0 Å². The Morgan fingerprint density at radius 3 is 2.70 bits per heavy atom. The molecule has 2 aliphatic rings. The molecule has 2 fully saturated rings. The Bertz CT molecular complexity index is 1420. The molecule has 2 aliphatic heterocycles. The van der Waals surface area contributed by atoms with Crippen LogP contribution in [-0.2, 0) is 16.1 Å². The first kappa shape index (κ1) is 24.3. The van der Waals surface area contributed by atoms with E-state index >= 15 is 0 Å². The Balaban J connectivity index is 1.40. The van der Waals surface area contributed by atoms with E-state index in [4.69, 9.17) is 14.2 Å². The normalized spacial score (nSPS) is 19.7. The summed E-state index contributed by atoms with van der Waals surface area (Å²) in [6.45, 7) is 8.37. The van der Waals surface area contributed by atoms with Crippen LogP contribution in [-0.4, -0.2) is 57.9 Å². The summed E-state index contributed by atoms with van der Waals surface area (Å²) in [7, 11) is 0. The number of anilines is 1. The molecule has 37 heavy (non-hydrogen) atoms. The van der Waals surface area contributed by atoms with E-state index in [9.17, 15) is 4.79 Å². The Labute approximate surface area is 224 Å². The molecule has 0 radical (unpaired) electrons. The fourth-order valence-electron chi connectivity index (χ4n) is 5.47. The number of amides is 1. The van der Waals surface area contributed by atoms with Crippen LogP contribution in [0.25, 0.3) is 22.2 Å². The summed E-state index contributed by atoms with van der Waals surface area (Å²) in [5.74, 6) is 1.05. The lowest BCUT2D eigenvalue weighted by atomic mass is 10.1. The van der Waals surface area contributed by atoms with Gasteiger partial charge in [0.2, 0.25) is 5.91 Å². The van der Waals surface area contributed by atoms with Crippen molar-refractivity contribution in [2.24, 2.45) is 0 Å². The maximum atomic E-state index is 13.1. The predicted octanol–water partition coefficient (Wildman–Crippen LogP) is 5.35. The molecule has 0 N–H and O–H groups in total. The molecule has 8 nitrogen and oxygen atoms in total. The van der Waals surface area contributed by atoms with Gasteiger partial charge in [-0.1, -0.05) is 21.1 Å². The number of morpholine rings is 1. The van der Waals surface area contributed by atoms with Crippen LogP contribution in [0.1, 0.15) is 37.3 Å². The van der Waals surface area contributed by atoms with Crippen molar-refractivity contribution in [3.8, 4) is 11.3 Å². The SMILES string of the molecule is Cc1noc2ccc(-c3cn(C[C@H](C)N4CCOCC4)c([C@@H]4CCC(=O)N4c4ccc(Br)cc4)n3)cc12. The minimum absolute atomic E-state index is 0.125. The molecule has 0 spiro atoms. The van der Waals surface area contributed by atoms with Crippen molar-refractivity contribution in [1.82, 2.24) is 19.6 Å². The van der Waals surface area contributed by atoms with Crippen molar-refractivity contribution in [2.75, 3.05) is 31.2 Å². The lowest BCUT2D eigenvalue weighted by molar-refractivity contribution is -0.117. The highest BCUT2D eigenvalue weighted by Gasteiger charge is 2.37. The number of hydrogen-bond acceptors (Lipinski definition) is 6. The molecule has 2 aromatic carbocycles. The van der Waals surface area contributed by atoms with Crippen LogP contribution in [0.5, 0.6) is 0 Å². The summed E-state index contributed by atoms with van der Waals surface area (Å²) in [5.41, 5.74) is 4.43. The third-order valence-corrected chi connectivity index (χ3v) is 8.03. The Morgan fingerprint density at radius 2 is 1.92 bits per heavy atom. The zero-order chi connectivity index (χ0) is 25.5. The van der Waals surface area contributed by atoms with Crippen LogP contribution < -0.4 is 4.90 Å². The molecule has 0 aliphatic carbocycles. The van der Waals surface area contributed by atoms with Gasteiger partial charge >= 0.3 is 0 Å². The first-order valence-electron chi connectivity index (χ1n) is 12.8. The van der Waals surface area contributed by atoms with E-state index in [0.717, 1.165) is 83.2 Å². The third kappa shape index (κ3) is 4.71. The minimum Gasteiger partial charge on any atom is -0.379 e. The molecule has 9 heteroatoms. The number of aromatic nitrogens is 3. The monoisotopic (exact) mass is 563 g/mol. The van der Waals surface area contributed by atoms with Gasteiger partial charge in [0.25, 0.3) is 0 Å². The molecule has 0 saturated carbocycles. The number of nitrogens with zero attached hydrogens (tertiary/aromatic N) is 5. The highest BCUT2D eigenvalue weighted by Crippen LogP contribution is 2.38. The van der Waals surface area contributed by atoms with E-state index in [1.54, 1.807) is 0 Å². The number of rotatable bonds is 6. The second-order valence-electron chi connectivity index (χ2n) is 9.91. The van der Waals surface area contributed by atoms with E-state index in [2.05, 4.69) is 49.7 Å². The van der Waals surface area contributed by atoms with Gasteiger partial charge in [-0.05, 0) is 62.7 Å². The number of imidazole rings is 1. The van der Waals surface area contributed by atoms with Crippen LogP contribution in [0, 0.1) is 6.92 Å². The molecule has 4 aromatic rings. The van der Waals surface area contributed by atoms with Gasteiger partial charge in [-0.3, -0.25) is 9.69 Å². The van der Waals surface area contributed by atoms with E-state index in [0.29, 0.717) is 12.5 Å². The number of carbonyl (C=O) groups is 1. The quantitative estimate of drug-likeness (QED) is 0.314. The first-order chi connectivity index (χ1) is 18.0. The molecule has 1 amide bonds. The third-order valence-electron chi connectivity index (χ3n) is 7.50. The molecule has 0 unspecified atom stereocenters. The average Bonchev–Trinajstić information content (AvgIpc) is 3.62. The maximum Gasteiger partial charge on any atom is 0.227 e. The van der Waals surface area contributed by atoms with Gasteiger partial charge in [-0.25, -0.2) is 4.98 Å². The number of hydrogen-bond donors (Lipinski definition) is 0. The van der Waals surface area contributed by atoms with Crippen molar-refractivity contribution >= 4 is 38.5 Å². The first-order valence-corrected chi connectivity index (χ1v) is 13.6. The summed E-state index contributed by atoms with van der Waals surface area (Å²) in [4.78, 5) is 22.7. The standard InChI is InChI=1S/C28H30BrN5O3/c1-18(32-11-13-36-14-12-32)16-33-17-24(20-3-9-26-23(15-20)19(2)31-37-26)30-28(33)25-8-10-27(35)34(25)22-6-4-21(29)5-7-22/h3-7,9,15,17-18,25H,8,10-14,16H2,1-2H3/t18-,25-/m0/s1. The van der Waals surface area contributed by atoms with Crippen LogP contribution >= 0.6 is 15.9 Å². The zero-order valence-corrected chi connectivity index (χ0v) is 22.6. The predicted molar refractivity (Wildman–Crippen MR) is 145 cm³/mol. The summed E-state index contributed by atoms with van der Waals surface area (Å²) in [6, 6.07) is 14.2. The Morgan fingerprint density at radius 1 is 1.14 bits per heavy atom.